The SMILES string of the molecule is CC.CCCCn1cc(-c2ccc(Cl)cc2Cl)nc1/C=C/c1ccc(OC)cc1. The smallest absolute Gasteiger partial charge is 0.133 e. The lowest BCUT2D eigenvalue weighted by atomic mass is 10.2. The summed E-state index contributed by atoms with van der Waals surface area (Å²) in [6.45, 7) is 7.10. The maximum atomic E-state index is 6.37. The van der Waals surface area contributed by atoms with E-state index in [4.69, 9.17) is 32.9 Å². The van der Waals surface area contributed by atoms with E-state index in [0.717, 1.165) is 47.8 Å². The third-order valence-electron chi connectivity index (χ3n) is 4.31. The van der Waals surface area contributed by atoms with Gasteiger partial charge in [0.2, 0.25) is 0 Å². The zero-order chi connectivity index (χ0) is 21.2. The van der Waals surface area contributed by atoms with Crippen LogP contribution in [-0.4, -0.2) is 16.7 Å². The van der Waals surface area contributed by atoms with E-state index in [0.29, 0.717) is 10.0 Å². The first-order valence-electron chi connectivity index (χ1n) is 9.95. The highest BCUT2D eigenvalue weighted by molar-refractivity contribution is 6.36. The van der Waals surface area contributed by atoms with Gasteiger partial charge >= 0.3 is 0 Å². The van der Waals surface area contributed by atoms with E-state index in [-0.39, 0.29) is 0 Å². The fourth-order valence-corrected chi connectivity index (χ4v) is 3.29. The number of rotatable bonds is 7. The molecule has 0 aliphatic rings. The zero-order valence-electron chi connectivity index (χ0n) is 17.5. The van der Waals surface area contributed by atoms with Gasteiger partial charge in [0.25, 0.3) is 0 Å². The predicted molar refractivity (Wildman–Crippen MR) is 126 cm³/mol. The van der Waals surface area contributed by atoms with Crippen LogP contribution in [0.15, 0.2) is 48.7 Å². The second kappa shape index (κ2) is 11.7. The van der Waals surface area contributed by atoms with Crippen LogP contribution in [0.4, 0.5) is 0 Å². The van der Waals surface area contributed by atoms with Crippen molar-refractivity contribution in [3.63, 3.8) is 0 Å². The normalized spacial score (nSPS) is 10.7. The number of benzene rings is 2. The van der Waals surface area contributed by atoms with E-state index in [1.807, 2.05) is 56.3 Å². The van der Waals surface area contributed by atoms with E-state index in [1.54, 1.807) is 13.2 Å². The minimum atomic E-state index is 0.605. The molecular formula is C24H28Cl2N2O. The molecule has 0 amide bonds. The molecule has 3 aromatic rings. The van der Waals surface area contributed by atoms with Crippen molar-refractivity contribution in [3.8, 4) is 17.0 Å². The highest BCUT2D eigenvalue weighted by atomic mass is 35.5. The van der Waals surface area contributed by atoms with Crippen LogP contribution < -0.4 is 4.74 Å². The number of ether oxygens (including phenoxy) is 1. The van der Waals surface area contributed by atoms with E-state index < -0.39 is 0 Å². The number of nitrogens with zero attached hydrogens (tertiary/aromatic N) is 2. The summed E-state index contributed by atoms with van der Waals surface area (Å²) >= 11 is 12.4. The van der Waals surface area contributed by atoms with Crippen LogP contribution in [0.25, 0.3) is 23.4 Å². The molecule has 1 aromatic heterocycles. The summed E-state index contributed by atoms with van der Waals surface area (Å²) in [6.07, 6.45) is 8.35. The Morgan fingerprint density at radius 3 is 2.38 bits per heavy atom. The Hall–Kier alpha value is -2.23. The van der Waals surface area contributed by atoms with Gasteiger partial charge in [-0.05, 0) is 48.4 Å². The summed E-state index contributed by atoms with van der Waals surface area (Å²) in [5, 5.41) is 1.22. The summed E-state index contributed by atoms with van der Waals surface area (Å²) in [6, 6.07) is 13.4. The number of imidazole rings is 1. The number of unbranched alkanes of at least 4 members (excludes halogenated alkanes) is 1. The monoisotopic (exact) mass is 430 g/mol. The molecule has 0 spiro atoms. The Labute approximate surface area is 184 Å². The van der Waals surface area contributed by atoms with Crippen LogP contribution in [0, 0.1) is 0 Å². The Morgan fingerprint density at radius 1 is 1.03 bits per heavy atom. The molecule has 0 N–H and O–H groups in total. The molecule has 29 heavy (non-hydrogen) atoms. The molecule has 1 heterocycles. The number of aromatic nitrogens is 2. The van der Waals surface area contributed by atoms with Crippen molar-refractivity contribution in [2.24, 2.45) is 0 Å². The molecule has 3 rings (SSSR count). The van der Waals surface area contributed by atoms with E-state index in [2.05, 4.69) is 23.8 Å². The fourth-order valence-electron chi connectivity index (χ4n) is 2.78. The molecule has 2 aromatic carbocycles. The van der Waals surface area contributed by atoms with Gasteiger partial charge in [-0.2, -0.15) is 0 Å². The number of hydrogen-bond acceptors (Lipinski definition) is 2. The van der Waals surface area contributed by atoms with Gasteiger partial charge in [-0.25, -0.2) is 4.98 Å². The second-order valence-corrected chi connectivity index (χ2v) is 7.11. The Bertz CT molecular complexity index is 931. The van der Waals surface area contributed by atoms with Gasteiger partial charge in [-0.1, -0.05) is 68.6 Å². The fraction of sp³-hybridized carbons (Fsp3) is 0.292. The summed E-state index contributed by atoms with van der Waals surface area (Å²) in [4.78, 5) is 4.80. The molecule has 5 heteroatoms. The average Bonchev–Trinajstić information content (AvgIpc) is 3.15. The second-order valence-electron chi connectivity index (χ2n) is 6.26. The van der Waals surface area contributed by atoms with Crippen molar-refractivity contribution >= 4 is 35.4 Å². The predicted octanol–water partition coefficient (Wildman–Crippen LogP) is 7.86. The zero-order valence-corrected chi connectivity index (χ0v) is 19.0. The van der Waals surface area contributed by atoms with Gasteiger partial charge in [0.15, 0.2) is 0 Å². The van der Waals surface area contributed by atoms with Gasteiger partial charge in [-0.3, -0.25) is 0 Å². The van der Waals surface area contributed by atoms with Crippen LogP contribution in [0.3, 0.4) is 0 Å². The highest BCUT2D eigenvalue weighted by Gasteiger charge is 2.11. The Morgan fingerprint density at radius 2 is 1.76 bits per heavy atom. The minimum Gasteiger partial charge on any atom is -0.497 e. The van der Waals surface area contributed by atoms with Crippen LogP contribution in [0.1, 0.15) is 45.0 Å². The van der Waals surface area contributed by atoms with Crippen LogP contribution in [0.2, 0.25) is 10.0 Å². The quantitative estimate of drug-likeness (QED) is 0.381. The van der Waals surface area contributed by atoms with Gasteiger partial charge in [0.05, 0.1) is 17.8 Å². The first-order chi connectivity index (χ1) is 14.1. The standard InChI is InChI=1S/C22H22Cl2N2O.C2H6/c1-3-4-13-26-15-21(19-11-8-17(23)14-20(19)24)25-22(26)12-7-16-5-9-18(27-2)10-6-16;1-2/h5-12,14-15H,3-4,13H2,1-2H3;1-2H3/b12-7+;. The van der Waals surface area contributed by atoms with Crippen molar-refractivity contribution in [2.75, 3.05) is 7.11 Å². The van der Waals surface area contributed by atoms with Crippen molar-refractivity contribution in [2.45, 2.75) is 40.2 Å². The molecule has 154 valence electrons. The summed E-state index contributed by atoms with van der Waals surface area (Å²) in [5.41, 5.74) is 2.82. The largest absolute Gasteiger partial charge is 0.497 e. The number of aryl methyl sites for hydroxylation is 1. The molecule has 3 nitrogen and oxygen atoms in total. The number of hydrogen-bond donors (Lipinski definition) is 0. The lowest BCUT2D eigenvalue weighted by Crippen LogP contribution is -1.98. The van der Waals surface area contributed by atoms with E-state index in [1.165, 1.54) is 0 Å². The summed E-state index contributed by atoms with van der Waals surface area (Å²) in [7, 11) is 1.67. The first-order valence-corrected chi connectivity index (χ1v) is 10.7. The van der Waals surface area contributed by atoms with Crippen LogP contribution >= 0.6 is 23.2 Å². The molecule has 0 atom stereocenters. The Kier molecular flexibility index (Phi) is 9.30. The number of methoxy groups -OCH3 is 1. The summed E-state index contributed by atoms with van der Waals surface area (Å²) in [5.74, 6) is 1.75. The highest BCUT2D eigenvalue weighted by Crippen LogP contribution is 2.30. The van der Waals surface area contributed by atoms with Crippen molar-refractivity contribution in [1.82, 2.24) is 9.55 Å². The minimum absolute atomic E-state index is 0.605. The maximum Gasteiger partial charge on any atom is 0.133 e. The van der Waals surface area contributed by atoms with E-state index in [9.17, 15) is 0 Å². The van der Waals surface area contributed by atoms with Crippen molar-refractivity contribution in [1.29, 1.82) is 0 Å². The topological polar surface area (TPSA) is 27.1 Å². The molecule has 0 fully saturated rings. The molecule has 0 aliphatic heterocycles. The van der Waals surface area contributed by atoms with E-state index >= 15 is 0 Å². The molecule has 0 aliphatic carbocycles. The average molecular weight is 431 g/mol. The van der Waals surface area contributed by atoms with Crippen molar-refractivity contribution < 1.29 is 4.74 Å². The van der Waals surface area contributed by atoms with Gasteiger partial charge < -0.3 is 9.30 Å². The Balaban J connectivity index is 0.00000145. The molecular weight excluding hydrogens is 403 g/mol. The summed E-state index contributed by atoms with van der Waals surface area (Å²) < 4.78 is 7.38. The lowest BCUT2D eigenvalue weighted by molar-refractivity contribution is 0.415. The molecule has 0 saturated heterocycles. The van der Waals surface area contributed by atoms with Gasteiger partial charge in [0, 0.05) is 23.3 Å². The molecule has 0 unspecified atom stereocenters. The van der Waals surface area contributed by atoms with Gasteiger partial charge in [-0.15, -0.1) is 0 Å². The molecule has 0 saturated carbocycles. The third-order valence-corrected chi connectivity index (χ3v) is 4.86. The maximum absolute atomic E-state index is 6.37. The lowest BCUT2D eigenvalue weighted by Gasteiger charge is -2.03. The molecule has 0 radical (unpaired) electrons. The van der Waals surface area contributed by atoms with Crippen LogP contribution in [0.5, 0.6) is 5.75 Å². The molecule has 0 bridgehead atoms. The van der Waals surface area contributed by atoms with Crippen molar-refractivity contribution in [3.05, 3.63) is 70.1 Å². The van der Waals surface area contributed by atoms with Gasteiger partial charge in [0.1, 0.15) is 11.6 Å². The first kappa shape index (κ1) is 23.1. The van der Waals surface area contributed by atoms with Crippen LogP contribution in [-0.2, 0) is 6.54 Å². The number of halogens is 2. The third kappa shape index (κ3) is 6.38.